The van der Waals surface area contributed by atoms with Gasteiger partial charge in [0.25, 0.3) is 0 Å². The molecule has 6 heteroatoms. The lowest BCUT2D eigenvalue weighted by molar-refractivity contribution is -0.120. The minimum absolute atomic E-state index is 0. The summed E-state index contributed by atoms with van der Waals surface area (Å²) in [6.07, 6.45) is 0. The van der Waals surface area contributed by atoms with E-state index in [1.165, 1.54) is 0 Å². The highest BCUT2D eigenvalue weighted by Gasteiger charge is 2.22. The third-order valence-electron chi connectivity index (χ3n) is 2.22. The summed E-state index contributed by atoms with van der Waals surface area (Å²) in [5, 5.41) is 2.65. The number of carbonyl (C=O) groups is 2. The molecule has 0 aliphatic rings. The van der Waals surface area contributed by atoms with Gasteiger partial charge in [-0.15, -0.1) is 12.4 Å². The van der Waals surface area contributed by atoms with E-state index in [4.69, 9.17) is 10.5 Å². The Bertz CT molecular complexity index is 455. The number of rotatable bonds is 4. The fourth-order valence-electron chi connectivity index (χ4n) is 1.23. The van der Waals surface area contributed by atoms with E-state index in [1.54, 1.807) is 45.0 Å². The Labute approximate surface area is 118 Å². The normalized spacial score (nSPS) is 10.3. The summed E-state index contributed by atoms with van der Waals surface area (Å²) < 4.78 is 4.88. The van der Waals surface area contributed by atoms with Gasteiger partial charge >= 0.3 is 5.97 Å². The van der Waals surface area contributed by atoms with E-state index in [0.717, 1.165) is 0 Å². The molecule has 1 aromatic rings. The highest BCUT2D eigenvalue weighted by atomic mass is 35.5. The number of esters is 1. The summed E-state index contributed by atoms with van der Waals surface area (Å²) in [5.74, 6) is -0.732. The Morgan fingerprint density at radius 3 is 2.53 bits per heavy atom. The van der Waals surface area contributed by atoms with E-state index in [2.05, 4.69) is 5.32 Å². The van der Waals surface area contributed by atoms with Crippen LogP contribution < -0.4 is 11.1 Å². The molecule has 0 atom stereocenters. The summed E-state index contributed by atoms with van der Waals surface area (Å²) in [7, 11) is 0. The fourth-order valence-corrected chi connectivity index (χ4v) is 1.23. The number of nitrogens with two attached hydrogens (primary N) is 1. The maximum Gasteiger partial charge on any atom is 0.338 e. The largest absolute Gasteiger partial charge is 0.462 e. The van der Waals surface area contributed by atoms with Crippen molar-refractivity contribution in [3.05, 3.63) is 29.8 Å². The lowest BCUT2D eigenvalue weighted by Gasteiger charge is -2.17. The second-order valence-electron chi connectivity index (χ2n) is 4.48. The van der Waals surface area contributed by atoms with Crippen molar-refractivity contribution >= 4 is 30.0 Å². The van der Waals surface area contributed by atoms with E-state index in [9.17, 15) is 9.59 Å². The first kappa shape index (κ1) is 17.4. The van der Waals surface area contributed by atoms with Crippen LogP contribution in [0.5, 0.6) is 0 Å². The van der Waals surface area contributed by atoms with Gasteiger partial charge in [-0.2, -0.15) is 0 Å². The number of anilines is 1. The second-order valence-corrected chi connectivity index (χ2v) is 4.48. The third-order valence-corrected chi connectivity index (χ3v) is 2.22. The molecule has 0 radical (unpaired) electrons. The average molecular weight is 287 g/mol. The molecule has 0 saturated heterocycles. The molecule has 0 aromatic heterocycles. The first-order valence-corrected chi connectivity index (χ1v) is 5.72. The van der Waals surface area contributed by atoms with Crippen molar-refractivity contribution in [3.63, 3.8) is 0 Å². The van der Waals surface area contributed by atoms with Gasteiger partial charge in [0.05, 0.1) is 17.7 Å². The van der Waals surface area contributed by atoms with Crippen LogP contribution in [0.2, 0.25) is 0 Å². The topological polar surface area (TPSA) is 81.4 Å². The van der Waals surface area contributed by atoms with Crippen LogP contribution >= 0.6 is 12.4 Å². The standard InChI is InChI=1S/C13H18N2O3.ClH/c1-4-18-11(16)9-6-5-7-10(8-9)15-12(17)13(2,3)14;/h5-8H,4,14H2,1-3H3,(H,15,17);1H. The minimum atomic E-state index is -0.972. The van der Waals surface area contributed by atoms with Crippen molar-refractivity contribution in [2.75, 3.05) is 11.9 Å². The van der Waals surface area contributed by atoms with Crippen LogP contribution in [-0.4, -0.2) is 24.0 Å². The van der Waals surface area contributed by atoms with Gasteiger partial charge < -0.3 is 15.8 Å². The molecule has 5 nitrogen and oxygen atoms in total. The zero-order valence-electron chi connectivity index (χ0n) is 11.2. The van der Waals surface area contributed by atoms with E-state index >= 15 is 0 Å². The Hall–Kier alpha value is -1.59. The maximum atomic E-state index is 11.7. The molecule has 0 bridgehead atoms. The Morgan fingerprint density at radius 2 is 2.00 bits per heavy atom. The van der Waals surface area contributed by atoms with Gasteiger partial charge in [0.15, 0.2) is 0 Å². The molecule has 0 aliphatic heterocycles. The van der Waals surface area contributed by atoms with Crippen LogP contribution in [0.4, 0.5) is 5.69 Å². The number of halogens is 1. The van der Waals surface area contributed by atoms with Crippen molar-refractivity contribution in [2.24, 2.45) is 5.73 Å². The molecule has 0 saturated carbocycles. The number of benzene rings is 1. The molecule has 3 N–H and O–H groups in total. The smallest absolute Gasteiger partial charge is 0.338 e. The van der Waals surface area contributed by atoms with Crippen molar-refractivity contribution in [1.29, 1.82) is 0 Å². The average Bonchev–Trinajstić information content (AvgIpc) is 2.28. The Morgan fingerprint density at radius 1 is 1.37 bits per heavy atom. The molecule has 106 valence electrons. The van der Waals surface area contributed by atoms with Gasteiger partial charge in [0.2, 0.25) is 5.91 Å². The summed E-state index contributed by atoms with van der Waals surface area (Å²) in [5.41, 5.74) is 5.61. The van der Waals surface area contributed by atoms with E-state index in [1.807, 2.05) is 0 Å². The number of nitrogens with one attached hydrogen (secondary N) is 1. The van der Waals surface area contributed by atoms with Crippen molar-refractivity contribution in [2.45, 2.75) is 26.3 Å². The summed E-state index contributed by atoms with van der Waals surface area (Å²) in [6.45, 7) is 5.26. The number of hydrogen-bond donors (Lipinski definition) is 2. The predicted molar refractivity (Wildman–Crippen MR) is 76.5 cm³/mol. The fraction of sp³-hybridized carbons (Fsp3) is 0.385. The van der Waals surface area contributed by atoms with Crippen LogP contribution in [0.1, 0.15) is 31.1 Å². The van der Waals surface area contributed by atoms with Crippen LogP contribution in [-0.2, 0) is 9.53 Å². The van der Waals surface area contributed by atoms with Crippen LogP contribution in [0.3, 0.4) is 0 Å². The summed E-state index contributed by atoms with van der Waals surface area (Å²) in [6, 6.07) is 6.54. The first-order chi connectivity index (χ1) is 8.34. The Kier molecular flexibility index (Phi) is 6.52. The molecule has 0 unspecified atom stereocenters. The Balaban J connectivity index is 0.00000324. The van der Waals surface area contributed by atoms with Crippen molar-refractivity contribution < 1.29 is 14.3 Å². The van der Waals surface area contributed by atoms with Crippen LogP contribution in [0.15, 0.2) is 24.3 Å². The maximum absolute atomic E-state index is 11.7. The first-order valence-electron chi connectivity index (χ1n) is 5.72. The lowest BCUT2D eigenvalue weighted by Crippen LogP contribution is -2.45. The molecule has 19 heavy (non-hydrogen) atoms. The molecule has 1 amide bonds. The third kappa shape index (κ3) is 5.28. The molecule has 0 fully saturated rings. The van der Waals surface area contributed by atoms with Crippen molar-refractivity contribution in [1.82, 2.24) is 0 Å². The van der Waals surface area contributed by atoms with Gasteiger partial charge in [-0.1, -0.05) is 6.07 Å². The van der Waals surface area contributed by atoms with Gasteiger partial charge in [-0.25, -0.2) is 4.79 Å². The van der Waals surface area contributed by atoms with Gasteiger partial charge in [0.1, 0.15) is 0 Å². The second kappa shape index (κ2) is 7.11. The molecule has 0 spiro atoms. The number of carbonyl (C=O) groups excluding carboxylic acids is 2. The number of ether oxygens (including phenoxy) is 1. The number of hydrogen-bond acceptors (Lipinski definition) is 4. The van der Waals surface area contributed by atoms with Crippen LogP contribution in [0, 0.1) is 0 Å². The predicted octanol–water partition coefficient (Wildman–Crippen LogP) is 1.96. The zero-order chi connectivity index (χ0) is 13.8. The lowest BCUT2D eigenvalue weighted by atomic mass is 10.1. The molecule has 1 rings (SSSR count). The molecular formula is C13H19ClN2O3. The highest BCUT2D eigenvalue weighted by molar-refractivity contribution is 5.98. The molecule has 0 aliphatic carbocycles. The minimum Gasteiger partial charge on any atom is -0.462 e. The van der Waals surface area contributed by atoms with Crippen molar-refractivity contribution in [3.8, 4) is 0 Å². The quantitative estimate of drug-likeness (QED) is 0.829. The molecule has 1 aromatic carbocycles. The van der Waals surface area contributed by atoms with E-state index in [0.29, 0.717) is 17.9 Å². The van der Waals surface area contributed by atoms with E-state index in [-0.39, 0.29) is 18.3 Å². The van der Waals surface area contributed by atoms with Gasteiger partial charge in [-0.05, 0) is 39.0 Å². The SMILES string of the molecule is CCOC(=O)c1cccc(NC(=O)C(C)(C)N)c1.Cl. The molecular weight excluding hydrogens is 268 g/mol. The zero-order valence-corrected chi connectivity index (χ0v) is 12.0. The number of amides is 1. The monoisotopic (exact) mass is 286 g/mol. The summed E-state index contributed by atoms with van der Waals surface area (Å²) in [4.78, 5) is 23.2. The van der Waals surface area contributed by atoms with Gasteiger partial charge in [-0.3, -0.25) is 4.79 Å². The van der Waals surface area contributed by atoms with Crippen LogP contribution in [0.25, 0.3) is 0 Å². The molecule has 0 heterocycles. The van der Waals surface area contributed by atoms with Gasteiger partial charge in [0, 0.05) is 5.69 Å². The summed E-state index contributed by atoms with van der Waals surface area (Å²) >= 11 is 0. The highest BCUT2D eigenvalue weighted by Crippen LogP contribution is 2.13. The van der Waals surface area contributed by atoms with E-state index < -0.39 is 11.5 Å².